The van der Waals surface area contributed by atoms with Crippen molar-refractivity contribution < 1.29 is 14.4 Å². The topological polar surface area (TPSA) is 87.4 Å². The molecule has 0 aliphatic carbocycles. The molecule has 102 valence electrons. The van der Waals surface area contributed by atoms with Crippen molar-refractivity contribution in [2.45, 2.75) is 33.3 Å². The number of rotatable bonds is 7. The van der Waals surface area contributed by atoms with E-state index >= 15 is 0 Å². The predicted octanol–water partition coefficient (Wildman–Crippen LogP) is -0.0795. The van der Waals surface area contributed by atoms with E-state index in [0.29, 0.717) is 25.4 Å². The summed E-state index contributed by atoms with van der Waals surface area (Å²) in [6.07, 6.45) is -0.0830. The summed E-state index contributed by atoms with van der Waals surface area (Å²) in [6, 6.07) is 0. The molecule has 0 aliphatic rings. The first kappa shape index (κ1) is 14.7. The summed E-state index contributed by atoms with van der Waals surface area (Å²) < 4.78 is 5.00. The number of nitrogens with one attached hydrogen (secondary N) is 2. The van der Waals surface area contributed by atoms with Crippen LogP contribution in [-0.4, -0.2) is 41.9 Å². The molecule has 18 heavy (non-hydrogen) atoms. The smallest absolute Gasteiger partial charge is 0.224 e. The first-order chi connectivity index (χ1) is 8.50. The third-order valence-electron chi connectivity index (χ3n) is 2.58. The number of aryl methyl sites for hydroxylation is 2. The molecule has 0 bridgehead atoms. The van der Waals surface area contributed by atoms with E-state index in [1.807, 2.05) is 6.92 Å². The van der Waals surface area contributed by atoms with E-state index in [1.54, 1.807) is 13.8 Å². The highest BCUT2D eigenvalue weighted by atomic mass is 16.5. The van der Waals surface area contributed by atoms with Crippen LogP contribution in [0.1, 0.15) is 23.9 Å². The van der Waals surface area contributed by atoms with Gasteiger partial charge in [0.05, 0.1) is 18.2 Å². The van der Waals surface area contributed by atoms with E-state index in [1.165, 1.54) is 0 Å². The molecule has 0 radical (unpaired) electrons. The predicted molar refractivity (Wildman–Crippen MR) is 67.2 cm³/mol. The molecule has 1 aromatic heterocycles. The summed E-state index contributed by atoms with van der Waals surface area (Å²) in [6.45, 7) is 7.03. The van der Waals surface area contributed by atoms with Crippen molar-refractivity contribution in [1.29, 1.82) is 0 Å². The fourth-order valence-corrected chi connectivity index (χ4v) is 1.58. The normalized spacial score (nSPS) is 12.4. The summed E-state index contributed by atoms with van der Waals surface area (Å²) in [4.78, 5) is 11.7. The summed E-state index contributed by atoms with van der Waals surface area (Å²) in [5.74, 6) is 0.637. The van der Waals surface area contributed by atoms with Crippen molar-refractivity contribution in [3.05, 3.63) is 17.0 Å². The quantitative estimate of drug-likeness (QED) is 0.593. The third kappa shape index (κ3) is 4.85. The summed E-state index contributed by atoms with van der Waals surface area (Å²) in [5, 5.41) is 18.7. The van der Waals surface area contributed by atoms with Gasteiger partial charge in [0, 0.05) is 25.2 Å². The standard InChI is InChI=1S/C12H21N3O3/c1-8(16)7-13-4-5-14-12(17)6-11-9(2)15-18-10(11)3/h8,13,16H,4-7H2,1-3H3,(H,14,17). The minimum atomic E-state index is -0.372. The molecular formula is C12H21N3O3. The monoisotopic (exact) mass is 255 g/mol. The van der Waals surface area contributed by atoms with Gasteiger partial charge in [-0.25, -0.2) is 0 Å². The molecule has 1 rings (SSSR count). The fraction of sp³-hybridized carbons (Fsp3) is 0.667. The van der Waals surface area contributed by atoms with E-state index < -0.39 is 0 Å². The number of hydrogen-bond acceptors (Lipinski definition) is 5. The first-order valence-corrected chi connectivity index (χ1v) is 6.08. The minimum absolute atomic E-state index is 0.0525. The van der Waals surface area contributed by atoms with Gasteiger partial charge < -0.3 is 20.3 Å². The Morgan fingerprint density at radius 2 is 2.17 bits per heavy atom. The van der Waals surface area contributed by atoms with Crippen LogP contribution >= 0.6 is 0 Å². The highest BCUT2D eigenvalue weighted by Gasteiger charge is 2.12. The molecule has 0 aromatic carbocycles. The van der Waals surface area contributed by atoms with Crippen molar-refractivity contribution in [3.8, 4) is 0 Å². The second-order valence-corrected chi connectivity index (χ2v) is 4.38. The van der Waals surface area contributed by atoms with Crippen molar-refractivity contribution in [3.63, 3.8) is 0 Å². The van der Waals surface area contributed by atoms with E-state index in [0.717, 1.165) is 11.3 Å². The molecule has 0 spiro atoms. The molecule has 0 saturated carbocycles. The molecule has 1 aromatic rings. The third-order valence-corrected chi connectivity index (χ3v) is 2.58. The molecule has 0 fully saturated rings. The number of amides is 1. The lowest BCUT2D eigenvalue weighted by molar-refractivity contribution is -0.120. The van der Waals surface area contributed by atoms with Crippen molar-refractivity contribution in [2.75, 3.05) is 19.6 Å². The molecule has 0 aliphatic heterocycles. The molecule has 1 amide bonds. The Labute approximate surface area is 107 Å². The van der Waals surface area contributed by atoms with Crippen LogP contribution in [0.15, 0.2) is 4.52 Å². The second kappa shape index (κ2) is 7.13. The average molecular weight is 255 g/mol. The Morgan fingerprint density at radius 1 is 1.44 bits per heavy atom. The molecule has 6 nitrogen and oxygen atoms in total. The van der Waals surface area contributed by atoms with E-state index in [-0.39, 0.29) is 18.4 Å². The first-order valence-electron chi connectivity index (χ1n) is 6.08. The van der Waals surface area contributed by atoms with Crippen LogP contribution in [0.5, 0.6) is 0 Å². The SMILES string of the molecule is Cc1noc(C)c1CC(=O)NCCNCC(C)O. The van der Waals surface area contributed by atoms with Gasteiger partial charge in [0.1, 0.15) is 5.76 Å². The number of aliphatic hydroxyl groups excluding tert-OH is 1. The number of aromatic nitrogens is 1. The van der Waals surface area contributed by atoms with Crippen LogP contribution in [0.3, 0.4) is 0 Å². The minimum Gasteiger partial charge on any atom is -0.392 e. The number of carbonyl (C=O) groups excluding carboxylic acids is 1. The maximum atomic E-state index is 11.7. The number of carbonyl (C=O) groups is 1. The van der Waals surface area contributed by atoms with Crippen LogP contribution in [0.25, 0.3) is 0 Å². The molecule has 6 heteroatoms. The maximum Gasteiger partial charge on any atom is 0.224 e. The van der Waals surface area contributed by atoms with Gasteiger partial charge in [0.25, 0.3) is 0 Å². The Hall–Kier alpha value is -1.40. The van der Waals surface area contributed by atoms with Gasteiger partial charge in [-0.2, -0.15) is 0 Å². The van der Waals surface area contributed by atoms with Gasteiger partial charge in [0.2, 0.25) is 5.91 Å². The zero-order chi connectivity index (χ0) is 13.5. The van der Waals surface area contributed by atoms with Crippen molar-refractivity contribution in [2.24, 2.45) is 0 Å². The zero-order valence-corrected chi connectivity index (χ0v) is 11.1. The Bertz CT molecular complexity index is 368. The fourth-order valence-electron chi connectivity index (χ4n) is 1.58. The van der Waals surface area contributed by atoms with Crippen LogP contribution < -0.4 is 10.6 Å². The molecular weight excluding hydrogens is 234 g/mol. The van der Waals surface area contributed by atoms with Gasteiger partial charge >= 0.3 is 0 Å². The van der Waals surface area contributed by atoms with Gasteiger partial charge in [-0.1, -0.05) is 5.16 Å². The molecule has 1 unspecified atom stereocenters. The van der Waals surface area contributed by atoms with Gasteiger partial charge in [-0.15, -0.1) is 0 Å². The lowest BCUT2D eigenvalue weighted by Gasteiger charge is -2.08. The van der Waals surface area contributed by atoms with E-state index in [9.17, 15) is 4.79 Å². The number of aliphatic hydroxyl groups is 1. The highest BCUT2D eigenvalue weighted by molar-refractivity contribution is 5.78. The molecule has 1 heterocycles. The second-order valence-electron chi connectivity index (χ2n) is 4.38. The molecule has 0 saturated heterocycles. The molecule has 3 N–H and O–H groups in total. The number of nitrogens with zero attached hydrogens (tertiary/aromatic N) is 1. The zero-order valence-electron chi connectivity index (χ0n) is 11.1. The van der Waals surface area contributed by atoms with E-state index in [4.69, 9.17) is 9.63 Å². The number of hydrogen-bond donors (Lipinski definition) is 3. The Morgan fingerprint density at radius 3 is 2.72 bits per heavy atom. The largest absolute Gasteiger partial charge is 0.392 e. The average Bonchev–Trinajstić information content (AvgIpc) is 2.60. The van der Waals surface area contributed by atoms with Gasteiger partial charge in [0.15, 0.2) is 0 Å². The maximum absolute atomic E-state index is 11.7. The summed E-state index contributed by atoms with van der Waals surface area (Å²) >= 11 is 0. The Kier molecular flexibility index (Phi) is 5.80. The van der Waals surface area contributed by atoms with Crippen molar-refractivity contribution in [1.82, 2.24) is 15.8 Å². The summed E-state index contributed by atoms with van der Waals surface area (Å²) in [7, 11) is 0. The van der Waals surface area contributed by atoms with Crippen LogP contribution in [-0.2, 0) is 11.2 Å². The van der Waals surface area contributed by atoms with Gasteiger partial charge in [-0.3, -0.25) is 4.79 Å². The highest BCUT2D eigenvalue weighted by Crippen LogP contribution is 2.12. The van der Waals surface area contributed by atoms with E-state index in [2.05, 4.69) is 15.8 Å². The van der Waals surface area contributed by atoms with Crippen LogP contribution in [0, 0.1) is 13.8 Å². The lowest BCUT2D eigenvalue weighted by atomic mass is 10.1. The van der Waals surface area contributed by atoms with Crippen LogP contribution in [0.4, 0.5) is 0 Å². The molecule has 1 atom stereocenters. The lowest BCUT2D eigenvalue weighted by Crippen LogP contribution is -2.35. The van der Waals surface area contributed by atoms with Gasteiger partial charge in [-0.05, 0) is 20.8 Å². The Balaban J connectivity index is 2.22. The van der Waals surface area contributed by atoms with Crippen molar-refractivity contribution >= 4 is 5.91 Å². The summed E-state index contributed by atoms with van der Waals surface area (Å²) in [5.41, 5.74) is 1.61. The van der Waals surface area contributed by atoms with Crippen LogP contribution in [0.2, 0.25) is 0 Å².